The summed E-state index contributed by atoms with van der Waals surface area (Å²) in [6.07, 6.45) is -0.453. The molecule has 1 amide bonds. The van der Waals surface area contributed by atoms with E-state index in [9.17, 15) is 4.79 Å². The van der Waals surface area contributed by atoms with Crippen molar-refractivity contribution < 1.29 is 14.3 Å². The molecule has 112 valence electrons. The van der Waals surface area contributed by atoms with Gasteiger partial charge in [0, 0.05) is 19.2 Å². The zero-order valence-corrected chi connectivity index (χ0v) is 12.3. The number of pyridine rings is 1. The van der Waals surface area contributed by atoms with E-state index in [4.69, 9.17) is 15.2 Å². The van der Waals surface area contributed by atoms with Gasteiger partial charge in [-0.3, -0.25) is 0 Å². The summed E-state index contributed by atoms with van der Waals surface area (Å²) in [7, 11) is 1.53. The van der Waals surface area contributed by atoms with Gasteiger partial charge in [0.05, 0.1) is 12.8 Å². The molecule has 0 bridgehead atoms. The number of nitrogen functional groups attached to an aromatic ring is 1. The number of amides is 1. The number of methoxy groups -OCH3 is 1. The van der Waals surface area contributed by atoms with Crippen molar-refractivity contribution in [3.05, 3.63) is 12.1 Å². The van der Waals surface area contributed by atoms with Crippen LogP contribution in [0.3, 0.4) is 0 Å². The lowest BCUT2D eigenvalue weighted by Gasteiger charge is -2.19. The van der Waals surface area contributed by atoms with Gasteiger partial charge in [-0.25, -0.2) is 4.79 Å². The number of ether oxygens (including phenoxy) is 2. The first kappa shape index (κ1) is 15.9. The second-order valence-electron chi connectivity index (χ2n) is 5.15. The molecule has 0 aliphatic carbocycles. The third-order valence-corrected chi connectivity index (χ3v) is 2.20. The van der Waals surface area contributed by atoms with E-state index in [1.807, 2.05) is 20.8 Å². The van der Waals surface area contributed by atoms with Crippen LogP contribution in [0.1, 0.15) is 20.8 Å². The number of nitrogens with two attached hydrogens (primary N) is 1. The van der Waals surface area contributed by atoms with Crippen molar-refractivity contribution in [2.75, 3.05) is 31.2 Å². The Balaban J connectivity index is 2.36. The van der Waals surface area contributed by atoms with E-state index >= 15 is 0 Å². The van der Waals surface area contributed by atoms with Crippen molar-refractivity contribution in [1.29, 1.82) is 0 Å². The van der Waals surface area contributed by atoms with Crippen molar-refractivity contribution in [2.45, 2.75) is 26.4 Å². The maximum Gasteiger partial charge on any atom is 0.407 e. The Morgan fingerprint density at radius 2 is 2.05 bits per heavy atom. The number of nitrogens with zero attached hydrogens (tertiary/aromatic N) is 1. The molecule has 0 aliphatic rings. The Bertz CT molecular complexity index is 457. The molecule has 1 heterocycles. The van der Waals surface area contributed by atoms with Crippen LogP contribution in [-0.2, 0) is 4.74 Å². The Labute approximate surface area is 118 Å². The normalized spacial score (nSPS) is 10.8. The number of aromatic nitrogens is 1. The highest BCUT2D eigenvalue weighted by atomic mass is 16.6. The molecule has 4 N–H and O–H groups in total. The fourth-order valence-electron chi connectivity index (χ4n) is 1.37. The predicted molar refractivity (Wildman–Crippen MR) is 77.9 cm³/mol. The number of anilines is 2. The lowest BCUT2D eigenvalue weighted by Crippen LogP contribution is -2.35. The molecule has 1 aromatic rings. The summed E-state index contributed by atoms with van der Waals surface area (Å²) in [6, 6.07) is 3.38. The zero-order valence-electron chi connectivity index (χ0n) is 12.3. The number of nitrogens with one attached hydrogen (secondary N) is 2. The maximum absolute atomic E-state index is 11.4. The summed E-state index contributed by atoms with van der Waals surface area (Å²) in [5.74, 6) is 0.997. The zero-order chi connectivity index (χ0) is 15.2. The van der Waals surface area contributed by atoms with Crippen LogP contribution >= 0.6 is 0 Å². The number of carbonyl (C=O) groups excluding carboxylic acids is 1. The molecule has 0 saturated heterocycles. The lowest BCUT2D eigenvalue weighted by molar-refractivity contribution is 0.0530. The van der Waals surface area contributed by atoms with Crippen LogP contribution in [0.25, 0.3) is 0 Å². The van der Waals surface area contributed by atoms with E-state index in [-0.39, 0.29) is 0 Å². The number of rotatable bonds is 5. The highest BCUT2D eigenvalue weighted by molar-refractivity contribution is 5.67. The molecule has 0 atom stereocenters. The first-order valence-electron chi connectivity index (χ1n) is 6.33. The summed E-state index contributed by atoms with van der Waals surface area (Å²) >= 11 is 0. The van der Waals surface area contributed by atoms with Crippen molar-refractivity contribution in [3.63, 3.8) is 0 Å². The first-order chi connectivity index (χ1) is 9.31. The SMILES string of the molecule is COc1ccc(N)c(NCCNC(=O)OC(C)(C)C)n1. The molecule has 1 aromatic heterocycles. The standard InChI is InChI=1S/C13H22N4O3/c1-13(2,3)20-12(18)16-8-7-15-11-9(14)5-6-10(17-11)19-4/h5-6H,7-8,14H2,1-4H3,(H,15,17)(H,16,18). The Kier molecular flexibility index (Phi) is 5.42. The summed E-state index contributed by atoms with van der Waals surface area (Å²) in [5, 5.41) is 5.65. The van der Waals surface area contributed by atoms with Gasteiger partial charge >= 0.3 is 6.09 Å². The third kappa shape index (κ3) is 5.64. The minimum atomic E-state index is -0.504. The molecule has 7 heteroatoms. The number of alkyl carbamates (subject to hydrolysis) is 1. The van der Waals surface area contributed by atoms with Crippen molar-refractivity contribution in [3.8, 4) is 5.88 Å². The van der Waals surface area contributed by atoms with Crippen LogP contribution in [0.4, 0.5) is 16.3 Å². The molecular weight excluding hydrogens is 260 g/mol. The molecule has 0 fully saturated rings. The smallest absolute Gasteiger partial charge is 0.407 e. The van der Waals surface area contributed by atoms with Gasteiger partial charge in [-0.05, 0) is 26.8 Å². The van der Waals surface area contributed by atoms with Crippen LogP contribution in [0.2, 0.25) is 0 Å². The van der Waals surface area contributed by atoms with Crippen LogP contribution in [0.15, 0.2) is 12.1 Å². The summed E-state index contributed by atoms with van der Waals surface area (Å²) in [6.45, 7) is 6.31. The van der Waals surface area contributed by atoms with Crippen molar-refractivity contribution >= 4 is 17.6 Å². The molecule has 0 aliphatic heterocycles. The Hall–Kier alpha value is -2.18. The van der Waals surface area contributed by atoms with Gasteiger partial charge in [-0.15, -0.1) is 0 Å². The van der Waals surface area contributed by atoms with Gasteiger partial charge in [-0.1, -0.05) is 0 Å². The van der Waals surface area contributed by atoms with E-state index < -0.39 is 11.7 Å². The van der Waals surface area contributed by atoms with Crippen LogP contribution in [0.5, 0.6) is 5.88 Å². The highest BCUT2D eigenvalue weighted by Crippen LogP contribution is 2.18. The topological polar surface area (TPSA) is 98.5 Å². The minimum Gasteiger partial charge on any atom is -0.481 e. The largest absolute Gasteiger partial charge is 0.481 e. The van der Waals surface area contributed by atoms with Gasteiger partial charge in [-0.2, -0.15) is 4.98 Å². The fraction of sp³-hybridized carbons (Fsp3) is 0.538. The molecule has 0 aromatic carbocycles. The molecule has 0 unspecified atom stereocenters. The molecule has 7 nitrogen and oxygen atoms in total. The van der Waals surface area contributed by atoms with Crippen LogP contribution in [-0.4, -0.2) is 36.9 Å². The summed E-state index contributed by atoms with van der Waals surface area (Å²) < 4.78 is 10.1. The third-order valence-electron chi connectivity index (χ3n) is 2.20. The summed E-state index contributed by atoms with van der Waals surface area (Å²) in [4.78, 5) is 15.6. The molecule has 0 spiro atoms. The molecule has 20 heavy (non-hydrogen) atoms. The van der Waals surface area contributed by atoms with E-state index in [0.717, 1.165) is 0 Å². The second kappa shape index (κ2) is 6.83. The molecule has 1 rings (SSSR count). The maximum atomic E-state index is 11.4. The van der Waals surface area contributed by atoms with E-state index in [1.54, 1.807) is 12.1 Å². The number of hydrogen-bond acceptors (Lipinski definition) is 6. The molecule has 0 radical (unpaired) electrons. The predicted octanol–water partition coefficient (Wildman–Crippen LogP) is 1.61. The van der Waals surface area contributed by atoms with E-state index in [0.29, 0.717) is 30.5 Å². The van der Waals surface area contributed by atoms with Gasteiger partial charge in [0.25, 0.3) is 0 Å². The summed E-state index contributed by atoms with van der Waals surface area (Å²) in [5.41, 5.74) is 5.79. The van der Waals surface area contributed by atoms with E-state index in [2.05, 4.69) is 15.6 Å². The average molecular weight is 282 g/mol. The van der Waals surface area contributed by atoms with E-state index in [1.165, 1.54) is 7.11 Å². The van der Waals surface area contributed by atoms with Gasteiger partial charge in [0.15, 0.2) is 5.82 Å². The van der Waals surface area contributed by atoms with Crippen molar-refractivity contribution in [1.82, 2.24) is 10.3 Å². The molecular formula is C13H22N4O3. The second-order valence-corrected chi connectivity index (χ2v) is 5.15. The Morgan fingerprint density at radius 3 is 2.65 bits per heavy atom. The fourth-order valence-corrected chi connectivity index (χ4v) is 1.37. The van der Waals surface area contributed by atoms with Crippen LogP contribution in [0, 0.1) is 0 Å². The quantitative estimate of drug-likeness (QED) is 0.710. The number of carbonyl (C=O) groups is 1. The van der Waals surface area contributed by atoms with Gasteiger partial charge in [0.2, 0.25) is 5.88 Å². The van der Waals surface area contributed by atoms with Crippen molar-refractivity contribution in [2.24, 2.45) is 0 Å². The lowest BCUT2D eigenvalue weighted by atomic mass is 10.2. The first-order valence-corrected chi connectivity index (χ1v) is 6.33. The molecule has 0 saturated carbocycles. The number of hydrogen-bond donors (Lipinski definition) is 3. The van der Waals surface area contributed by atoms with Gasteiger partial charge < -0.3 is 25.8 Å². The van der Waals surface area contributed by atoms with Gasteiger partial charge in [0.1, 0.15) is 5.60 Å². The Morgan fingerprint density at radius 1 is 1.35 bits per heavy atom. The van der Waals surface area contributed by atoms with Crippen LogP contribution < -0.4 is 21.1 Å². The minimum absolute atomic E-state index is 0.396. The average Bonchev–Trinajstić information content (AvgIpc) is 2.34. The highest BCUT2D eigenvalue weighted by Gasteiger charge is 2.15. The monoisotopic (exact) mass is 282 g/mol.